The van der Waals surface area contributed by atoms with Crippen LogP contribution in [0.3, 0.4) is 0 Å². The molecule has 0 aromatic heterocycles. The Balaban J connectivity index is 0.000000211. The molecular formula is C30H32O8. The van der Waals surface area contributed by atoms with Crippen LogP contribution in [0.5, 0.6) is 11.5 Å². The van der Waals surface area contributed by atoms with E-state index >= 15 is 0 Å². The zero-order valence-corrected chi connectivity index (χ0v) is 21.4. The van der Waals surface area contributed by atoms with Crippen molar-refractivity contribution in [3.63, 3.8) is 0 Å². The molecule has 0 fully saturated rings. The molecule has 0 amide bonds. The minimum atomic E-state index is -0.806. The van der Waals surface area contributed by atoms with Crippen molar-refractivity contribution in [2.45, 2.75) is 39.5 Å². The Morgan fingerprint density at radius 1 is 0.737 bits per heavy atom. The number of benzene rings is 2. The van der Waals surface area contributed by atoms with Gasteiger partial charge in [0, 0.05) is 11.1 Å². The summed E-state index contributed by atoms with van der Waals surface area (Å²) in [6, 6.07) is 17.7. The van der Waals surface area contributed by atoms with Gasteiger partial charge in [0.1, 0.15) is 11.5 Å². The van der Waals surface area contributed by atoms with Crippen LogP contribution in [0.1, 0.15) is 39.5 Å². The number of hydrogen-bond acceptors (Lipinski definition) is 6. The van der Waals surface area contributed by atoms with Crippen LogP contribution in [-0.4, -0.2) is 34.1 Å². The minimum Gasteiger partial charge on any atom is -0.481 e. The van der Waals surface area contributed by atoms with E-state index in [0.29, 0.717) is 48.3 Å². The Hall–Kier alpha value is -4.20. The largest absolute Gasteiger partial charge is 0.481 e. The van der Waals surface area contributed by atoms with E-state index in [1.165, 1.54) is 0 Å². The zero-order valence-electron chi connectivity index (χ0n) is 21.4. The summed E-state index contributed by atoms with van der Waals surface area (Å²) in [5.74, 6) is -2.41. The lowest BCUT2D eigenvalue weighted by atomic mass is 9.81. The average Bonchev–Trinajstić information content (AvgIpc) is 2.89. The Bertz CT molecular complexity index is 1190. The van der Waals surface area contributed by atoms with Gasteiger partial charge in [0.25, 0.3) is 0 Å². The van der Waals surface area contributed by atoms with Gasteiger partial charge in [-0.25, -0.2) is 9.59 Å². The Morgan fingerprint density at radius 3 is 1.68 bits per heavy atom. The van der Waals surface area contributed by atoms with Gasteiger partial charge in [-0.3, -0.25) is 9.59 Å². The molecule has 0 aliphatic heterocycles. The predicted molar refractivity (Wildman–Crippen MR) is 139 cm³/mol. The number of carbonyl (C=O) groups excluding carboxylic acids is 2. The molecule has 2 aromatic carbocycles. The van der Waals surface area contributed by atoms with Gasteiger partial charge in [-0.05, 0) is 61.8 Å². The highest BCUT2D eigenvalue weighted by Gasteiger charge is 2.31. The zero-order chi connectivity index (χ0) is 27.7. The van der Waals surface area contributed by atoms with Crippen molar-refractivity contribution in [2.75, 3.05) is 0 Å². The lowest BCUT2D eigenvalue weighted by Crippen LogP contribution is -2.27. The topological polar surface area (TPSA) is 127 Å². The fraction of sp³-hybridized carbons (Fsp3) is 0.333. The monoisotopic (exact) mass is 520 g/mol. The van der Waals surface area contributed by atoms with Crippen LogP contribution < -0.4 is 9.47 Å². The molecule has 0 saturated heterocycles. The van der Waals surface area contributed by atoms with Crippen molar-refractivity contribution in [2.24, 2.45) is 23.7 Å². The van der Waals surface area contributed by atoms with Gasteiger partial charge in [-0.2, -0.15) is 0 Å². The summed E-state index contributed by atoms with van der Waals surface area (Å²) < 4.78 is 10.5. The van der Waals surface area contributed by atoms with Crippen molar-refractivity contribution in [1.29, 1.82) is 0 Å². The lowest BCUT2D eigenvalue weighted by molar-refractivity contribution is -0.144. The molecule has 0 bridgehead atoms. The molecule has 4 atom stereocenters. The van der Waals surface area contributed by atoms with E-state index in [9.17, 15) is 19.2 Å². The first-order valence-electron chi connectivity index (χ1n) is 12.6. The third-order valence-corrected chi connectivity index (χ3v) is 6.74. The van der Waals surface area contributed by atoms with Gasteiger partial charge in [-0.15, -0.1) is 0 Å². The molecule has 0 saturated carbocycles. The smallest absolute Gasteiger partial charge is 0.339 e. The second-order valence-corrected chi connectivity index (χ2v) is 9.53. The number of allylic oxidation sites excluding steroid dienone is 2. The van der Waals surface area contributed by atoms with Crippen LogP contribution in [0.2, 0.25) is 0 Å². The quantitative estimate of drug-likeness (QED) is 0.388. The molecule has 0 spiro atoms. The highest BCUT2D eigenvalue weighted by molar-refractivity contribution is 5.91. The second-order valence-electron chi connectivity index (χ2n) is 9.53. The first kappa shape index (κ1) is 28.4. The van der Waals surface area contributed by atoms with E-state index in [4.69, 9.17) is 19.7 Å². The van der Waals surface area contributed by atoms with E-state index in [0.717, 1.165) is 0 Å². The van der Waals surface area contributed by atoms with Gasteiger partial charge < -0.3 is 19.7 Å². The lowest BCUT2D eigenvalue weighted by Gasteiger charge is -2.24. The summed E-state index contributed by atoms with van der Waals surface area (Å²) in [7, 11) is 0. The van der Waals surface area contributed by atoms with Gasteiger partial charge in [0.05, 0.1) is 11.8 Å². The number of carboxylic acids is 2. The Kier molecular flexibility index (Phi) is 9.99. The molecular weight excluding hydrogens is 488 g/mol. The minimum absolute atomic E-state index is 0.0548. The van der Waals surface area contributed by atoms with Gasteiger partial charge in [0.15, 0.2) is 0 Å². The third-order valence-electron chi connectivity index (χ3n) is 6.74. The maximum atomic E-state index is 12.0. The summed E-state index contributed by atoms with van der Waals surface area (Å²) in [5.41, 5.74) is 1.13. The van der Waals surface area contributed by atoms with Crippen LogP contribution >= 0.6 is 0 Å². The molecule has 0 heterocycles. The molecule has 8 heteroatoms. The van der Waals surface area contributed by atoms with Crippen LogP contribution in [0.25, 0.3) is 0 Å². The van der Waals surface area contributed by atoms with Gasteiger partial charge in [0.2, 0.25) is 0 Å². The highest BCUT2D eigenvalue weighted by atomic mass is 16.5. The molecule has 200 valence electrons. The molecule has 0 radical (unpaired) electrons. The molecule has 2 N–H and O–H groups in total. The third kappa shape index (κ3) is 7.90. The second kappa shape index (κ2) is 13.4. The first-order chi connectivity index (χ1) is 18.2. The van der Waals surface area contributed by atoms with Crippen LogP contribution in [-0.2, 0) is 19.2 Å². The first-order valence-corrected chi connectivity index (χ1v) is 12.6. The van der Waals surface area contributed by atoms with Crippen LogP contribution in [0, 0.1) is 23.7 Å². The number of ether oxygens (including phenoxy) is 2. The van der Waals surface area contributed by atoms with Crippen molar-refractivity contribution < 1.29 is 38.9 Å². The van der Waals surface area contributed by atoms with E-state index in [-0.39, 0.29) is 23.8 Å². The Labute approximate surface area is 221 Å². The maximum absolute atomic E-state index is 12.0. The van der Waals surface area contributed by atoms with Gasteiger partial charge >= 0.3 is 23.9 Å². The normalized spacial score (nSPS) is 22.5. The molecule has 38 heavy (non-hydrogen) atoms. The van der Waals surface area contributed by atoms with Crippen molar-refractivity contribution in [3.05, 3.63) is 84.0 Å². The van der Waals surface area contributed by atoms with Crippen LogP contribution in [0.4, 0.5) is 0 Å². The van der Waals surface area contributed by atoms with E-state index in [2.05, 4.69) is 0 Å². The summed E-state index contributed by atoms with van der Waals surface area (Å²) in [6.45, 7) is 3.66. The number of carbonyl (C=O) groups is 4. The fourth-order valence-electron chi connectivity index (χ4n) is 4.52. The summed E-state index contributed by atoms with van der Waals surface area (Å²) in [6.07, 6.45) is 5.16. The van der Waals surface area contributed by atoms with Crippen molar-refractivity contribution in [1.82, 2.24) is 0 Å². The number of rotatable bonds is 6. The molecule has 2 aromatic rings. The number of aliphatic carboxylic acids is 2. The van der Waals surface area contributed by atoms with E-state index in [1.54, 1.807) is 60.7 Å². The molecule has 0 unspecified atom stereocenters. The SMILES string of the molecule is C[C@H]1C=C(C(=O)Oc2ccccc2)CC[C@H]1C(=O)O.C[C@H]1CC(C(=O)Oc2ccccc2)=CC[C@H]1C(=O)O. The molecule has 8 nitrogen and oxygen atoms in total. The molecule has 4 rings (SSSR count). The van der Waals surface area contributed by atoms with Crippen molar-refractivity contribution in [3.8, 4) is 11.5 Å². The molecule has 2 aliphatic carbocycles. The van der Waals surface area contributed by atoms with Crippen LogP contribution in [0.15, 0.2) is 84.0 Å². The van der Waals surface area contributed by atoms with E-state index in [1.807, 2.05) is 26.0 Å². The van der Waals surface area contributed by atoms with Gasteiger partial charge in [-0.1, -0.05) is 62.4 Å². The van der Waals surface area contributed by atoms with E-state index < -0.39 is 23.8 Å². The standard InChI is InChI=1S/2C15H16O4/c2*1-10-9-11(7-8-13(10)14(16)17)15(18)19-12-5-3-2-4-6-12/h2-6,9-10,13H,7-8H2,1H3,(H,16,17);2-7,10,13H,8-9H2,1H3,(H,16,17)/t2*10-,13+/m00/s1. The highest BCUT2D eigenvalue weighted by Crippen LogP contribution is 2.31. The summed E-state index contributed by atoms with van der Waals surface area (Å²) in [5, 5.41) is 18.0. The number of carboxylic acid groups (broad SMARTS) is 2. The summed E-state index contributed by atoms with van der Waals surface area (Å²) >= 11 is 0. The maximum Gasteiger partial charge on any atom is 0.339 e. The number of esters is 2. The average molecular weight is 521 g/mol. The number of para-hydroxylation sites is 2. The molecule has 2 aliphatic rings. The number of hydrogen-bond donors (Lipinski definition) is 2. The fourth-order valence-corrected chi connectivity index (χ4v) is 4.52. The Morgan fingerprint density at radius 2 is 1.24 bits per heavy atom. The van der Waals surface area contributed by atoms with Crippen molar-refractivity contribution >= 4 is 23.9 Å². The summed E-state index contributed by atoms with van der Waals surface area (Å²) in [4.78, 5) is 45.9. The predicted octanol–water partition coefficient (Wildman–Crippen LogP) is 5.30.